The number of likely N-dealkylation sites (N-methyl/N-ethyl adjacent to an activating group) is 1. The maximum atomic E-state index is 11.9. The van der Waals surface area contributed by atoms with Gasteiger partial charge in [0.05, 0.1) is 5.92 Å². The van der Waals surface area contributed by atoms with Gasteiger partial charge < -0.3 is 20.2 Å². The Balaban J connectivity index is 4.12. The van der Waals surface area contributed by atoms with Gasteiger partial charge in [-0.2, -0.15) is 0 Å². The predicted octanol–water partition coefficient (Wildman–Crippen LogP) is 1.08. The van der Waals surface area contributed by atoms with E-state index in [2.05, 4.69) is 24.1 Å². The van der Waals surface area contributed by atoms with Gasteiger partial charge in [0.15, 0.2) is 0 Å². The first-order chi connectivity index (χ1) is 8.79. The lowest BCUT2D eigenvalue weighted by Crippen LogP contribution is -2.45. The second-order valence-corrected chi connectivity index (χ2v) is 5.08. The molecule has 0 rings (SSSR count). The Labute approximate surface area is 115 Å². The molecule has 0 aromatic heterocycles. The first-order valence-corrected chi connectivity index (χ1v) is 6.75. The van der Waals surface area contributed by atoms with Crippen molar-refractivity contribution < 1.29 is 14.7 Å². The summed E-state index contributed by atoms with van der Waals surface area (Å²) >= 11 is 0. The average molecular weight is 273 g/mol. The molecule has 0 fully saturated rings. The topological polar surface area (TPSA) is 72.9 Å². The minimum Gasteiger partial charge on any atom is -0.481 e. The number of nitrogens with one attached hydrogen (secondary N) is 1. The van der Waals surface area contributed by atoms with E-state index in [4.69, 9.17) is 5.11 Å². The molecular weight excluding hydrogens is 246 g/mol. The minimum atomic E-state index is -0.884. The average Bonchev–Trinajstić information content (AvgIpc) is 2.34. The third kappa shape index (κ3) is 7.00. The Morgan fingerprint density at radius 2 is 1.84 bits per heavy atom. The lowest BCUT2D eigenvalue weighted by molar-refractivity contribution is -0.141. The van der Waals surface area contributed by atoms with Crippen LogP contribution in [0.5, 0.6) is 0 Å². The molecule has 112 valence electrons. The molecule has 2 N–H and O–H groups in total. The van der Waals surface area contributed by atoms with Crippen LogP contribution in [0.2, 0.25) is 0 Å². The molecule has 6 heteroatoms. The largest absolute Gasteiger partial charge is 0.481 e. The van der Waals surface area contributed by atoms with Crippen molar-refractivity contribution >= 4 is 12.0 Å². The molecule has 0 spiro atoms. The summed E-state index contributed by atoms with van der Waals surface area (Å²) in [6.45, 7) is 9.70. The molecule has 0 saturated heterocycles. The molecule has 2 amide bonds. The van der Waals surface area contributed by atoms with Gasteiger partial charge in [-0.1, -0.05) is 6.92 Å². The van der Waals surface area contributed by atoms with E-state index < -0.39 is 11.9 Å². The number of nitrogens with zero attached hydrogens (tertiary/aromatic N) is 2. The molecule has 0 aromatic carbocycles. The molecule has 0 aromatic rings. The van der Waals surface area contributed by atoms with Gasteiger partial charge >= 0.3 is 12.0 Å². The van der Waals surface area contributed by atoms with E-state index in [1.807, 2.05) is 14.0 Å². The predicted molar refractivity (Wildman–Crippen MR) is 75.2 cm³/mol. The third-order valence-electron chi connectivity index (χ3n) is 3.21. The third-order valence-corrected chi connectivity index (χ3v) is 3.21. The summed E-state index contributed by atoms with van der Waals surface area (Å²) in [7, 11) is 2.00. The quantitative estimate of drug-likeness (QED) is 0.694. The highest BCUT2D eigenvalue weighted by Crippen LogP contribution is 2.00. The molecule has 19 heavy (non-hydrogen) atoms. The molecule has 0 aliphatic rings. The summed E-state index contributed by atoms with van der Waals surface area (Å²) < 4.78 is 0. The number of hydrogen-bond donors (Lipinski definition) is 2. The molecule has 1 unspecified atom stereocenters. The number of aliphatic carboxylic acids is 1. The highest BCUT2D eigenvalue weighted by molar-refractivity contribution is 5.75. The van der Waals surface area contributed by atoms with Crippen molar-refractivity contribution in [3.63, 3.8) is 0 Å². The Morgan fingerprint density at radius 1 is 1.26 bits per heavy atom. The first-order valence-electron chi connectivity index (χ1n) is 6.75. The summed E-state index contributed by atoms with van der Waals surface area (Å²) in [5, 5.41) is 11.7. The zero-order valence-corrected chi connectivity index (χ0v) is 12.6. The fraction of sp³-hybridized carbons (Fsp3) is 0.846. The summed E-state index contributed by atoms with van der Waals surface area (Å²) in [5.41, 5.74) is 0. The number of rotatable bonds is 8. The molecular formula is C13H27N3O3. The number of carbonyl (C=O) groups excluding carboxylic acids is 1. The van der Waals surface area contributed by atoms with E-state index in [9.17, 15) is 9.59 Å². The van der Waals surface area contributed by atoms with Crippen molar-refractivity contribution in [3.8, 4) is 0 Å². The van der Waals surface area contributed by atoms with Crippen molar-refractivity contribution in [1.29, 1.82) is 0 Å². The van der Waals surface area contributed by atoms with E-state index in [-0.39, 0.29) is 12.6 Å². The highest BCUT2D eigenvalue weighted by atomic mass is 16.4. The lowest BCUT2D eigenvalue weighted by Gasteiger charge is -2.25. The van der Waals surface area contributed by atoms with Gasteiger partial charge in [0, 0.05) is 32.2 Å². The van der Waals surface area contributed by atoms with Crippen LogP contribution in [0.4, 0.5) is 4.79 Å². The molecule has 0 bridgehead atoms. The summed E-state index contributed by atoms with van der Waals surface area (Å²) in [6, 6.07) is 0.235. The van der Waals surface area contributed by atoms with Crippen LogP contribution in [0.3, 0.4) is 0 Å². The lowest BCUT2D eigenvalue weighted by atomic mass is 10.2. The van der Waals surface area contributed by atoms with Crippen molar-refractivity contribution in [2.75, 3.05) is 33.2 Å². The number of carboxylic acid groups (broad SMARTS) is 1. The summed E-state index contributed by atoms with van der Waals surface area (Å²) in [6.07, 6.45) is 0. The van der Waals surface area contributed by atoms with Crippen molar-refractivity contribution in [1.82, 2.24) is 15.1 Å². The van der Waals surface area contributed by atoms with Gasteiger partial charge in [-0.25, -0.2) is 4.79 Å². The Morgan fingerprint density at radius 3 is 2.26 bits per heavy atom. The Bertz CT molecular complexity index is 295. The summed E-state index contributed by atoms with van der Waals surface area (Å²) in [5.74, 6) is -1.44. The fourth-order valence-electron chi connectivity index (χ4n) is 1.47. The normalized spacial score (nSPS) is 12.6. The first kappa shape index (κ1) is 17.7. The minimum absolute atomic E-state index is 0.201. The number of amides is 2. The number of carbonyl (C=O) groups is 2. The van der Waals surface area contributed by atoms with Crippen LogP contribution in [0.1, 0.15) is 27.7 Å². The van der Waals surface area contributed by atoms with Crippen LogP contribution < -0.4 is 5.32 Å². The fourth-order valence-corrected chi connectivity index (χ4v) is 1.47. The second-order valence-electron chi connectivity index (χ2n) is 5.08. The Hall–Kier alpha value is -1.30. The number of hydrogen-bond acceptors (Lipinski definition) is 3. The van der Waals surface area contributed by atoms with E-state index >= 15 is 0 Å². The maximum absolute atomic E-state index is 11.9. The maximum Gasteiger partial charge on any atom is 0.317 e. The van der Waals surface area contributed by atoms with Crippen LogP contribution in [-0.2, 0) is 4.79 Å². The SMILES string of the molecule is CCN(CC(C)C(=O)O)C(=O)NCCN(C)C(C)C. The van der Waals surface area contributed by atoms with Crippen molar-refractivity contribution in [2.24, 2.45) is 5.92 Å². The second kappa shape index (κ2) is 8.74. The summed E-state index contributed by atoms with van der Waals surface area (Å²) in [4.78, 5) is 26.3. The molecule has 6 nitrogen and oxygen atoms in total. The molecule has 0 radical (unpaired) electrons. The standard InChI is InChI=1S/C13H27N3O3/c1-6-16(9-11(4)12(17)18)13(19)14-7-8-15(5)10(2)3/h10-11H,6-9H2,1-5H3,(H,14,19)(H,17,18). The van der Waals surface area contributed by atoms with Crippen LogP contribution in [-0.4, -0.2) is 66.2 Å². The highest BCUT2D eigenvalue weighted by Gasteiger charge is 2.18. The molecule has 0 aliphatic heterocycles. The van der Waals surface area contributed by atoms with Gasteiger partial charge in [-0.3, -0.25) is 4.79 Å². The van der Waals surface area contributed by atoms with Crippen molar-refractivity contribution in [3.05, 3.63) is 0 Å². The van der Waals surface area contributed by atoms with E-state index in [1.165, 1.54) is 4.90 Å². The van der Waals surface area contributed by atoms with Crippen LogP contribution in [0, 0.1) is 5.92 Å². The van der Waals surface area contributed by atoms with Gasteiger partial charge in [0.2, 0.25) is 0 Å². The van der Waals surface area contributed by atoms with Crippen LogP contribution in [0.15, 0.2) is 0 Å². The van der Waals surface area contributed by atoms with E-state index in [0.29, 0.717) is 19.1 Å². The zero-order valence-electron chi connectivity index (χ0n) is 12.6. The van der Waals surface area contributed by atoms with Crippen molar-refractivity contribution in [2.45, 2.75) is 33.7 Å². The molecule has 1 atom stereocenters. The zero-order chi connectivity index (χ0) is 15.0. The van der Waals surface area contributed by atoms with Gasteiger partial charge in [-0.15, -0.1) is 0 Å². The monoisotopic (exact) mass is 273 g/mol. The van der Waals surface area contributed by atoms with E-state index in [1.54, 1.807) is 6.92 Å². The van der Waals surface area contributed by atoms with Gasteiger partial charge in [0.25, 0.3) is 0 Å². The Kier molecular flexibility index (Phi) is 8.14. The van der Waals surface area contributed by atoms with Gasteiger partial charge in [-0.05, 0) is 27.8 Å². The molecule has 0 aliphatic carbocycles. The van der Waals surface area contributed by atoms with Crippen LogP contribution in [0.25, 0.3) is 0 Å². The van der Waals surface area contributed by atoms with Crippen LogP contribution >= 0.6 is 0 Å². The smallest absolute Gasteiger partial charge is 0.317 e. The van der Waals surface area contributed by atoms with Gasteiger partial charge in [0.1, 0.15) is 0 Å². The molecule has 0 heterocycles. The number of carboxylic acids is 1. The number of urea groups is 1. The van der Waals surface area contributed by atoms with E-state index in [0.717, 1.165) is 6.54 Å². The molecule has 0 saturated carbocycles.